The number of ether oxygens (including phenoxy) is 1. The zero-order valence-electron chi connectivity index (χ0n) is 14.6. The van der Waals surface area contributed by atoms with Crippen molar-refractivity contribution in [2.75, 3.05) is 12.4 Å². The third kappa shape index (κ3) is 4.06. The van der Waals surface area contributed by atoms with E-state index in [0.717, 1.165) is 16.5 Å². The number of aromatic amines is 1. The lowest BCUT2D eigenvalue weighted by atomic mass is 10.1. The van der Waals surface area contributed by atoms with Crippen molar-refractivity contribution in [2.24, 2.45) is 0 Å². The van der Waals surface area contributed by atoms with Gasteiger partial charge in [-0.25, -0.2) is 0 Å². The fourth-order valence-corrected chi connectivity index (χ4v) is 3.00. The summed E-state index contributed by atoms with van der Waals surface area (Å²) >= 11 is 6.06. The number of methoxy groups -OCH3 is 1. The molecule has 0 bridgehead atoms. The molecule has 134 valence electrons. The number of hydrogen-bond acceptors (Lipinski definition) is 3. The first kappa shape index (κ1) is 18.0. The third-order valence-corrected chi connectivity index (χ3v) is 4.47. The summed E-state index contributed by atoms with van der Waals surface area (Å²) in [5.74, 6) is 0.453. The number of carbonyl (C=O) groups excluding carboxylic acids is 1. The maximum atomic E-state index is 12.2. The normalized spacial score (nSPS) is 10.7. The van der Waals surface area contributed by atoms with Gasteiger partial charge in [0.15, 0.2) is 0 Å². The summed E-state index contributed by atoms with van der Waals surface area (Å²) in [6.07, 6.45) is 0.896. The molecule has 3 aromatic rings. The second kappa shape index (κ2) is 7.62. The van der Waals surface area contributed by atoms with E-state index in [1.54, 1.807) is 25.1 Å². The van der Waals surface area contributed by atoms with Crippen molar-refractivity contribution in [1.82, 2.24) is 4.98 Å². The average molecular weight is 371 g/mol. The summed E-state index contributed by atoms with van der Waals surface area (Å²) in [5, 5.41) is 4.24. The topological polar surface area (TPSA) is 71.2 Å². The monoisotopic (exact) mass is 370 g/mol. The van der Waals surface area contributed by atoms with Crippen LogP contribution < -0.4 is 15.6 Å². The highest BCUT2D eigenvalue weighted by Gasteiger charge is 2.07. The molecule has 0 radical (unpaired) electrons. The minimum Gasteiger partial charge on any atom is -0.495 e. The van der Waals surface area contributed by atoms with Crippen LogP contribution in [0.25, 0.3) is 10.9 Å². The Morgan fingerprint density at radius 3 is 2.73 bits per heavy atom. The van der Waals surface area contributed by atoms with E-state index in [0.29, 0.717) is 34.9 Å². The van der Waals surface area contributed by atoms with Gasteiger partial charge in [-0.05, 0) is 54.6 Å². The van der Waals surface area contributed by atoms with Gasteiger partial charge in [-0.15, -0.1) is 0 Å². The Labute approximate surface area is 156 Å². The Balaban J connectivity index is 1.65. The van der Waals surface area contributed by atoms with Crippen LogP contribution >= 0.6 is 11.6 Å². The van der Waals surface area contributed by atoms with E-state index >= 15 is 0 Å². The second-order valence-corrected chi connectivity index (χ2v) is 6.51. The Kier molecular flexibility index (Phi) is 5.28. The van der Waals surface area contributed by atoms with E-state index in [1.165, 1.54) is 7.11 Å². The van der Waals surface area contributed by atoms with E-state index in [-0.39, 0.29) is 11.5 Å². The summed E-state index contributed by atoms with van der Waals surface area (Å²) in [4.78, 5) is 26.8. The van der Waals surface area contributed by atoms with Crippen molar-refractivity contribution in [3.05, 3.63) is 69.0 Å². The molecule has 0 aliphatic heterocycles. The Morgan fingerprint density at radius 2 is 2.00 bits per heavy atom. The largest absolute Gasteiger partial charge is 0.495 e. The molecule has 0 atom stereocenters. The number of rotatable bonds is 5. The molecule has 2 N–H and O–H groups in total. The van der Waals surface area contributed by atoms with Crippen LogP contribution in [0.1, 0.15) is 17.5 Å². The molecule has 26 heavy (non-hydrogen) atoms. The molecule has 6 heteroatoms. The first-order valence-corrected chi connectivity index (χ1v) is 8.60. The maximum absolute atomic E-state index is 12.2. The van der Waals surface area contributed by atoms with Crippen LogP contribution in [0.15, 0.2) is 47.3 Å². The van der Waals surface area contributed by atoms with Crippen molar-refractivity contribution in [3.8, 4) is 5.75 Å². The van der Waals surface area contributed by atoms with E-state index in [9.17, 15) is 9.59 Å². The molecule has 3 rings (SSSR count). The van der Waals surface area contributed by atoms with E-state index in [1.807, 2.05) is 24.3 Å². The first-order chi connectivity index (χ1) is 12.5. The number of aromatic nitrogens is 1. The summed E-state index contributed by atoms with van der Waals surface area (Å²) in [5.41, 5.74) is 2.98. The number of pyridine rings is 1. The predicted molar refractivity (Wildman–Crippen MR) is 104 cm³/mol. The van der Waals surface area contributed by atoms with Gasteiger partial charge < -0.3 is 15.0 Å². The third-order valence-electron chi connectivity index (χ3n) is 4.17. The number of anilines is 1. The molecule has 0 fully saturated rings. The fourth-order valence-electron chi connectivity index (χ4n) is 2.74. The van der Waals surface area contributed by atoms with Gasteiger partial charge in [0.05, 0.1) is 12.1 Å². The lowest BCUT2D eigenvalue weighted by molar-refractivity contribution is -0.116. The molecule has 0 saturated carbocycles. The lowest BCUT2D eigenvalue weighted by Gasteiger charge is -2.08. The molecule has 1 heterocycles. The molecule has 0 spiro atoms. The Bertz CT molecular complexity index is 1030. The van der Waals surface area contributed by atoms with Crippen LogP contribution in [-0.2, 0) is 11.2 Å². The van der Waals surface area contributed by atoms with Crippen molar-refractivity contribution < 1.29 is 9.53 Å². The van der Waals surface area contributed by atoms with Crippen LogP contribution in [0, 0.1) is 6.92 Å². The molecular formula is C20H19ClN2O3. The highest BCUT2D eigenvalue weighted by atomic mass is 35.5. The first-order valence-electron chi connectivity index (χ1n) is 8.22. The van der Waals surface area contributed by atoms with Crippen LogP contribution in [-0.4, -0.2) is 18.0 Å². The van der Waals surface area contributed by atoms with Gasteiger partial charge in [-0.1, -0.05) is 23.7 Å². The number of carbonyl (C=O) groups is 1. The van der Waals surface area contributed by atoms with Crippen molar-refractivity contribution in [3.63, 3.8) is 0 Å². The highest BCUT2D eigenvalue weighted by molar-refractivity contribution is 6.32. The molecule has 0 aliphatic rings. The van der Waals surface area contributed by atoms with Crippen LogP contribution in [0.4, 0.5) is 5.69 Å². The van der Waals surface area contributed by atoms with E-state index < -0.39 is 0 Å². The van der Waals surface area contributed by atoms with Crippen LogP contribution in [0.5, 0.6) is 5.75 Å². The molecule has 1 amide bonds. The lowest BCUT2D eigenvalue weighted by Crippen LogP contribution is -2.12. The second-order valence-electron chi connectivity index (χ2n) is 6.10. The number of halogens is 1. The quantitative estimate of drug-likeness (QED) is 0.711. The SMILES string of the molecule is COc1ccc(NC(=O)CCc2ccc3cc(C)c(=O)[nH]c3c2)cc1Cl. The number of benzene rings is 2. The number of hydrogen-bond donors (Lipinski definition) is 2. The molecule has 0 unspecified atom stereocenters. The van der Waals surface area contributed by atoms with E-state index in [4.69, 9.17) is 16.3 Å². The number of amides is 1. The molecule has 0 saturated heterocycles. The van der Waals surface area contributed by atoms with Crippen LogP contribution in [0.3, 0.4) is 0 Å². The zero-order valence-corrected chi connectivity index (χ0v) is 15.3. The zero-order chi connectivity index (χ0) is 18.7. The maximum Gasteiger partial charge on any atom is 0.251 e. The van der Waals surface area contributed by atoms with Crippen LogP contribution in [0.2, 0.25) is 5.02 Å². The van der Waals surface area contributed by atoms with E-state index in [2.05, 4.69) is 10.3 Å². The Morgan fingerprint density at radius 1 is 1.19 bits per heavy atom. The van der Waals surface area contributed by atoms with Gasteiger partial charge in [0, 0.05) is 23.2 Å². The minimum absolute atomic E-state index is 0.0937. The molecule has 0 aliphatic carbocycles. The van der Waals surface area contributed by atoms with Gasteiger partial charge in [0.25, 0.3) is 5.56 Å². The molecular weight excluding hydrogens is 352 g/mol. The van der Waals surface area contributed by atoms with Gasteiger partial charge in [0.1, 0.15) is 5.75 Å². The fraction of sp³-hybridized carbons (Fsp3) is 0.200. The smallest absolute Gasteiger partial charge is 0.251 e. The van der Waals surface area contributed by atoms with Gasteiger partial charge in [0.2, 0.25) is 5.91 Å². The number of H-pyrrole nitrogens is 1. The molecule has 1 aromatic heterocycles. The van der Waals surface area contributed by atoms with Gasteiger partial charge >= 0.3 is 0 Å². The summed E-state index contributed by atoms with van der Waals surface area (Å²) in [6, 6.07) is 12.8. The summed E-state index contributed by atoms with van der Waals surface area (Å²) < 4.78 is 5.09. The Hall–Kier alpha value is -2.79. The highest BCUT2D eigenvalue weighted by Crippen LogP contribution is 2.27. The number of aryl methyl sites for hydroxylation is 2. The molecule has 5 nitrogen and oxygen atoms in total. The van der Waals surface area contributed by atoms with Gasteiger partial charge in [-0.3, -0.25) is 9.59 Å². The van der Waals surface area contributed by atoms with Crippen molar-refractivity contribution in [1.29, 1.82) is 0 Å². The standard InChI is InChI=1S/C20H19ClN2O3/c1-12-9-14-5-3-13(10-17(14)23-20(12)25)4-8-19(24)22-15-6-7-18(26-2)16(21)11-15/h3,5-7,9-11H,4,8H2,1-2H3,(H,22,24)(H,23,25). The predicted octanol–water partition coefficient (Wildman–Crippen LogP) is 4.07. The average Bonchev–Trinajstić information content (AvgIpc) is 2.61. The minimum atomic E-state index is -0.108. The number of fused-ring (bicyclic) bond motifs is 1. The summed E-state index contributed by atoms with van der Waals surface area (Å²) in [6.45, 7) is 1.78. The van der Waals surface area contributed by atoms with Crippen molar-refractivity contribution >= 4 is 34.1 Å². The van der Waals surface area contributed by atoms with Gasteiger partial charge in [-0.2, -0.15) is 0 Å². The van der Waals surface area contributed by atoms with Crippen molar-refractivity contribution in [2.45, 2.75) is 19.8 Å². The number of nitrogens with one attached hydrogen (secondary N) is 2. The molecule has 2 aromatic carbocycles. The summed E-state index contributed by atoms with van der Waals surface area (Å²) in [7, 11) is 1.54.